The van der Waals surface area contributed by atoms with Crippen molar-refractivity contribution < 1.29 is 4.42 Å². The number of hydrogen-bond acceptors (Lipinski definition) is 3. The fraction of sp³-hybridized carbons (Fsp3) is 0.750. The minimum Gasteiger partial charge on any atom is -0.466 e. The smallest absolute Gasteiger partial charge is 0.105 e. The van der Waals surface area contributed by atoms with Gasteiger partial charge in [0.1, 0.15) is 11.5 Å². The van der Waals surface area contributed by atoms with Gasteiger partial charge in [-0.05, 0) is 39.7 Å². The standard InChI is InChI=1S/C16H28N2O/c1-10(2)16-8-17-11(3)9-18(16)13(5)15-7-12(4)19-14(15)6/h7,10-11,13,16-17H,8-9H2,1-6H3. The highest BCUT2D eigenvalue weighted by atomic mass is 16.3. The summed E-state index contributed by atoms with van der Waals surface area (Å²) < 4.78 is 5.71. The van der Waals surface area contributed by atoms with Crippen molar-refractivity contribution >= 4 is 0 Å². The van der Waals surface area contributed by atoms with Crippen LogP contribution in [0.15, 0.2) is 10.5 Å². The van der Waals surface area contributed by atoms with Crippen LogP contribution < -0.4 is 5.32 Å². The van der Waals surface area contributed by atoms with E-state index in [0.717, 1.165) is 24.6 Å². The van der Waals surface area contributed by atoms with Crippen LogP contribution in [-0.4, -0.2) is 30.1 Å². The molecule has 0 radical (unpaired) electrons. The van der Waals surface area contributed by atoms with Crippen molar-refractivity contribution in [1.29, 1.82) is 0 Å². The fourth-order valence-electron chi connectivity index (χ4n) is 3.26. The normalized spacial score (nSPS) is 26.9. The molecule has 1 aromatic rings. The highest BCUT2D eigenvalue weighted by molar-refractivity contribution is 5.24. The van der Waals surface area contributed by atoms with Gasteiger partial charge in [-0.25, -0.2) is 0 Å². The van der Waals surface area contributed by atoms with E-state index in [-0.39, 0.29) is 0 Å². The Morgan fingerprint density at radius 2 is 2.00 bits per heavy atom. The van der Waals surface area contributed by atoms with Crippen molar-refractivity contribution in [3.8, 4) is 0 Å². The number of rotatable bonds is 3. The maximum atomic E-state index is 5.71. The van der Waals surface area contributed by atoms with Gasteiger partial charge in [-0.1, -0.05) is 13.8 Å². The van der Waals surface area contributed by atoms with E-state index in [9.17, 15) is 0 Å². The van der Waals surface area contributed by atoms with Gasteiger partial charge in [-0.3, -0.25) is 4.90 Å². The summed E-state index contributed by atoms with van der Waals surface area (Å²) in [6.07, 6.45) is 0. The lowest BCUT2D eigenvalue weighted by atomic mass is 9.95. The molecule has 3 atom stereocenters. The van der Waals surface area contributed by atoms with Gasteiger partial charge in [-0.2, -0.15) is 0 Å². The van der Waals surface area contributed by atoms with E-state index < -0.39 is 0 Å². The van der Waals surface area contributed by atoms with Crippen LogP contribution in [-0.2, 0) is 0 Å². The molecule has 0 bridgehead atoms. The summed E-state index contributed by atoms with van der Waals surface area (Å²) in [6.45, 7) is 15.5. The molecule has 0 aliphatic carbocycles. The van der Waals surface area contributed by atoms with Gasteiger partial charge in [0.25, 0.3) is 0 Å². The number of nitrogens with zero attached hydrogens (tertiary/aromatic N) is 1. The van der Waals surface area contributed by atoms with Crippen molar-refractivity contribution in [2.24, 2.45) is 5.92 Å². The first-order valence-electron chi connectivity index (χ1n) is 7.46. The van der Waals surface area contributed by atoms with Gasteiger partial charge >= 0.3 is 0 Å². The Morgan fingerprint density at radius 1 is 1.32 bits per heavy atom. The number of hydrogen-bond donors (Lipinski definition) is 1. The van der Waals surface area contributed by atoms with Crippen LogP contribution in [0.4, 0.5) is 0 Å². The molecule has 1 fully saturated rings. The molecule has 2 heterocycles. The van der Waals surface area contributed by atoms with Gasteiger partial charge in [0.2, 0.25) is 0 Å². The van der Waals surface area contributed by atoms with Gasteiger partial charge in [0, 0.05) is 36.8 Å². The molecule has 0 spiro atoms. The molecule has 0 amide bonds. The maximum Gasteiger partial charge on any atom is 0.105 e. The predicted octanol–water partition coefficient (Wildman–Crippen LogP) is 3.28. The summed E-state index contributed by atoms with van der Waals surface area (Å²) in [5.74, 6) is 2.75. The van der Waals surface area contributed by atoms with E-state index in [1.807, 2.05) is 6.92 Å². The highest BCUT2D eigenvalue weighted by Gasteiger charge is 2.32. The molecule has 1 saturated heterocycles. The molecule has 3 unspecified atom stereocenters. The summed E-state index contributed by atoms with van der Waals surface area (Å²) in [4.78, 5) is 2.64. The minimum absolute atomic E-state index is 0.425. The average molecular weight is 264 g/mol. The first-order valence-corrected chi connectivity index (χ1v) is 7.46. The zero-order valence-electron chi connectivity index (χ0n) is 13.2. The zero-order valence-corrected chi connectivity index (χ0v) is 13.2. The third-order valence-electron chi connectivity index (χ3n) is 4.38. The Kier molecular flexibility index (Phi) is 4.36. The lowest BCUT2D eigenvalue weighted by Crippen LogP contribution is -2.57. The molecule has 3 nitrogen and oxygen atoms in total. The Balaban J connectivity index is 2.23. The van der Waals surface area contributed by atoms with Crippen LogP contribution in [0.2, 0.25) is 0 Å². The third kappa shape index (κ3) is 3.03. The van der Waals surface area contributed by atoms with E-state index >= 15 is 0 Å². The topological polar surface area (TPSA) is 28.4 Å². The van der Waals surface area contributed by atoms with Crippen molar-refractivity contribution in [2.45, 2.75) is 59.7 Å². The van der Waals surface area contributed by atoms with E-state index in [1.165, 1.54) is 5.56 Å². The molecule has 0 aromatic carbocycles. The maximum absolute atomic E-state index is 5.71. The molecule has 108 valence electrons. The fourth-order valence-corrected chi connectivity index (χ4v) is 3.26. The second-order valence-electron chi connectivity index (χ2n) is 6.36. The van der Waals surface area contributed by atoms with Crippen molar-refractivity contribution in [1.82, 2.24) is 10.2 Å². The Labute approximate surface area is 117 Å². The summed E-state index contributed by atoms with van der Waals surface area (Å²) in [7, 11) is 0. The molecule has 1 N–H and O–H groups in total. The summed E-state index contributed by atoms with van der Waals surface area (Å²) in [5.41, 5.74) is 1.34. The molecular formula is C16H28N2O. The van der Waals surface area contributed by atoms with Crippen LogP contribution >= 0.6 is 0 Å². The molecule has 19 heavy (non-hydrogen) atoms. The second kappa shape index (κ2) is 5.68. The summed E-state index contributed by atoms with van der Waals surface area (Å²) in [5, 5.41) is 3.60. The van der Waals surface area contributed by atoms with E-state index in [4.69, 9.17) is 4.42 Å². The molecule has 2 rings (SSSR count). The molecule has 1 aliphatic rings. The SMILES string of the molecule is Cc1cc(C(C)N2CC(C)NCC2C(C)C)c(C)o1. The third-order valence-corrected chi connectivity index (χ3v) is 4.38. The average Bonchev–Trinajstić information content (AvgIpc) is 2.67. The van der Waals surface area contributed by atoms with Crippen LogP contribution in [0.3, 0.4) is 0 Å². The first-order chi connectivity index (χ1) is 8.90. The van der Waals surface area contributed by atoms with Crippen LogP contribution in [0, 0.1) is 19.8 Å². The van der Waals surface area contributed by atoms with Crippen molar-refractivity contribution in [3.05, 3.63) is 23.2 Å². The van der Waals surface area contributed by atoms with Crippen LogP contribution in [0.25, 0.3) is 0 Å². The molecule has 3 heteroatoms. The number of furan rings is 1. The number of aryl methyl sites for hydroxylation is 2. The van der Waals surface area contributed by atoms with E-state index in [0.29, 0.717) is 24.0 Å². The second-order valence-corrected chi connectivity index (χ2v) is 6.36. The van der Waals surface area contributed by atoms with E-state index in [1.54, 1.807) is 0 Å². The zero-order chi connectivity index (χ0) is 14.2. The van der Waals surface area contributed by atoms with Gasteiger partial charge in [-0.15, -0.1) is 0 Å². The van der Waals surface area contributed by atoms with Gasteiger partial charge in [0.15, 0.2) is 0 Å². The van der Waals surface area contributed by atoms with Gasteiger partial charge < -0.3 is 9.73 Å². The Bertz CT molecular complexity index is 424. The summed E-state index contributed by atoms with van der Waals surface area (Å²) in [6, 6.07) is 3.78. The largest absolute Gasteiger partial charge is 0.466 e. The quantitative estimate of drug-likeness (QED) is 0.908. The monoisotopic (exact) mass is 264 g/mol. The number of nitrogens with one attached hydrogen (secondary N) is 1. The van der Waals surface area contributed by atoms with E-state index in [2.05, 4.69) is 50.9 Å². The highest BCUT2D eigenvalue weighted by Crippen LogP contribution is 2.30. The minimum atomic E-state index is 0.425. The lowest BCUT2D eigenvalue weighted by molar-refractivity contribution is 0.0651. The number of piperazine rings is 1. The molecule has 1 aliphatic heterocycles. The molecule has 0 saturated carbocycles. The van der Waals surface area contributed by atoms with Gasteiger partial charge in [0.05, 0.1) is 0 Å². The summed E-state index contributed by atoms with van der Waals surface area (Å²) >= 11 is 0. The lowest BCUT2D eigenvalue weighted by Gasteiger charge is -2.44. The van der Waals surface area contributed by atoms with Crippen molar-refractivity contribution in [3.63, 3.8) is 0 Å². The predicted molar refractivity (Wildman–Crippen MR) is 79.4 cm³/mol. The first kappa shape index (κ1) is 14.6. The Hall–Kier alpha value is -0.800. The molecule has 1 aromatic heterocycles. The van der Waals surface area contributed by atoms with Crippen molar-refractivity contribution in [2.75, 3.05) is 13.1 Å². The van der Waals surface area contributed by atoms with Crippen LogP contribution in [0.5, 0.6) is 0 Å². The van der Waals surface area contributed by atoms with Crippen LogP contribution in [0.1, 0.15) is 50.8 Å². The molecular weight excluding hydrogens is 236 g/mol. The Morgan fingerprint density at radius 3 is 2.53 bits per heavy atom.